The van der Waals surface area contributed by atoms with Gasteiger partial charge in [-0.1, -0.05) is 18.2 Å². The summed E-state index contributed by atoms with van der Waals surface area (Å²) in [5.41, 5.74) is 0.954. The maximum absolute atomic E-state index is 12.3. The number of nitrogens with zero attached hydrogens (tertiary/aromatic N) is 2. The molecule has 2 aromatic rings. The quantitative estimate of drug-likeness (QED) is 0.823. The van der Waals surface area contributed by atoms with E-state index in [9.17, 15) is 9.59 Å². The van der Waals surface area contributed by atoms with Crippen LogP contribution in [0.2, 0.25) is 0 Å². The first-order valence-corrected chi connectivity index (χ1v) is 8.97. The van der Waals surface area contributed by atoms with Crippen LogP contribution in [0.4, 0.5) is 0 Å². The highest BCUT2D eigenvalue weighted by molar-refractivity contribution is 5.75. The molecule has 3 rings (SSSR count). The van der Waals surface area contributed by atoms with E-state index in [1.165, 1.54) is 23.5 Å². The molecule has 1 aliphatic rings. The fraction of sp³-hybridized carbons (Fsp3) is 0.400. The SMILES string of the molecule is COc1cccc(C(CNC(=O)Cn2ccccc2=O)N2CCCC2)c1. The molecule has 1 saturated heterocycles. The van der Waals surface area contributed by atoms with Crippen LogP contribution < -0.4 is 15.6 Å². The molecule has 1 atom stereocenters. The third kappa shape index (κ3) is 4.52. The van der Waals surface area contributed by atoms with Crippen molar-refractivity contribution in [1.29, 1.82) is 0 Å². The maximum atomic E-state index is 12.3. The summed E-state index contributed by atoms with van der Waals surface area (Å²) in [6, 6.07) is 13.0. The van der Waals surface area contributed by atoms with E-state index in [1.54, 1.807) is 25.4 Å². The van der Waals surface area contributed by atoms with Crippen LogP contribution in [-0.4, -0.2) is 42.1 Å². The van der Waals surface area contributed by atoms with Crippen molar-refractivity contribution in [3.05, 3.63) is 64.6 Å². The number of carbonyl (C=O) groups excluding carboxylic acids is 1. The minimum atomic E-state index is -0.175. The second-order valence-electron chi connectivity index (χ2n) is 6.51. The van der Waals surface area contributed by atoms with Gasteiger partial charge in [-0.25, -0.2) is 0 Å². The van der Waals surface area contributed by atoms with Gasteiger partial charge in [0.1, 0.15) is 12.3 Å². The Morgan fingerprint density at radius 2 is 2.00 bits per heavy atom. The number of amides is 1. The number of benzene rings is 1. The Kier molecular flexibility index (Phi) is 6.07. The molecular weight excluding hydrogens is 330 g/mol. The van der Waals surface area contributed by atoms with Gasteiger partial charge in [-0.3, -0.25) is 14.5 Å². The average molecular weight is 355 g/mol. The number of hydrogen-bond acceptors (Lipinski definition) is 4. The van der Waals surface area contributed by atoms with Gasteiger partial charge in [-0.05, 0) is 49.7 Å². The van der Waals surface area contributed by atoms with E-state index in [2.05, 4.69) is 16.3 Å². The number of aromatic nitrogens is 1. The first-order valence-electron chi connectivity index (χ1n) is 8.97. The number of pyridine rings is 1. The highest BCUT2D eigenvalue weighted by Gasteiger charge is 2.24. The van der Waals surface area contributed by atoms with Crippen LogP contribution in [0.1, 0.15) is 24.4 Å². The average Bonchev–Trinajstić information content (AvgIpc) is 3.18. The van der Waals surface area contributed by atoms with E-state index in [4.69, 9.17) is 4.74 Å². The Morgan fingerprint density at radius 1 is 1.19 bits per heavy atom. The smallest absolute Gasteiger partial charge is 0.250 e. The van der Waals surface area contributed by atoms with Gasteiger partial charge in [0.05, 0.1) is 13.2 Å². The molecule has 1 unspecified atom stereocenters. The van der Waals surface area contributed by atoms with E-state index in [0.717, 1.165) is 24.4 Å². The summed E-state index contributed by atoms with van der Waals surface area (Å²) in [6.07, 6.45) is 3.98. The van der Waals surface area contributed by atoms with Crippen molar-refractivity contribution in [2.75, 3.05) is 26.7 Å². The predicted molar refractivity (Wildman–Crippen MR) is 100 cm³/mol. The molecule has 0 spiro atoms. The zero-order valence-electron chi connectivity index (χ0n) is 15.1. The normalized spacial score (nSPS) is 15.6. The highest BCUT2D eigenvalue weighted by Crippen LogP contribution is 2.27. The van der Waals surface area contributed by atoms with E-state index < -0.39 is 0 Å². The van der Waals surface area contributed by atoms with Crippen molar-refractivity contribution >= 4 is 5.91 Å². The molecule has 1 N–H and O–H groups in total. The van der Waals surface area contributed by atoms with Crippen molar-refractivity contribution in [2.24, 2.45) is 0 Å². The van der Waals surface area contributed by atoms with Crippen LogP contribution in [0, 0.1) is 0 Å². The Hall–Kier alpha value is -2.60. The number of rotatable bonds is 7. The number of hydrogen-bond donors (Lipinski definition) is 1. The number of ether oxygens (including phenoxy) is 1. The predicted octanol–water partition coefficient (Wildman–Crippen LogP) is 1.81. The van der Waals surface area contributed by atoms with Crippen LogP contribution in [0.25, 0.3) is 0 Å². The maximum Gasteiger partial charge on any atom is 0.250 e. The van der Waals surface area contributed by atoms with Gasteiger partial charge in [0.15, 0.2) is 0 Å². The van der Waals surface area contributed by atoms with Crippen LogP contribution in [0.15, 0.2) is 53.5 Å². The first-order chi connectivity index (χ1) is 12.7. The first kappa shape index (κ1) is 18.2. The number of methoxy groups -OCH3 is 1. The molecule has 0 aliphatic carbocycles. The Bertz CT molecular complexity index is 797. The van der Waals surface area contributed by atoms with Gasteiger partial charge in [-0.15, -0.1) is 0 Å². The van der Waals surface area contributed by atoms with Crippen molar-refractivity contribution in [3.8, 4) is 5.75 Å². The molecule has 1 aromatic carbocycles. The Balaban J connectivity index is 1.68. The second-order valence-corrected chi connectivity index (χ2v) is 6.51. The summed E-state index contributed by atoms with van der Waals surface area (Å²) < 4.78 is 6.75. The standard InChI is InChI=1S/C20H25N3O3/c1-26-17-8-6-7-16(13-17)18(22-10-4-5-11-22)14-21-19(24)15-23-12-3-2-9-20(23)25/h2-3,6-9,12-13,18H,4-5,10-11,14-15H2,1H3,(H,21,24). The molecule has 1 aliphatic heterocycles. The van der Waals surface area contributed by atoms with Crippen LogP contribution >= 0.6 is 0 Å². The Morgan fingerprint density at radius 3 is 2.73 bits per heavy atom. The summed E-state index contributed by atoms with van der Waals surface area (Å²) in [6.45, 7) is 2.59. The van der Waals surface area contributed by atoms with Crippen molar-refractivity contribution < 1.29 is 9.53 Å². The van der Waals surface area contributed by atoms with Gasteiger partial charge in [-0.2, -0.15) is 0 Å². The fourth-order valence-electron chi connectivity index (χ4n) is 3.37. The molecule has 0 saturated carbocycles. The minimum absolute atomic E-state index is 0.0322. The van der Waals surface area contributed by atoms with E-state index >= 15 is 0 Å². The molecule has 138 valence electrons. The van der Waals surface area contributed by atoms with Gasteiger partial charge in [0.25, 0.3) is 5.56 Å². The topological polar surface area (TPSA) is 63.6 Å². The number of carbonyl (C=O) groups is 1. The molecule has 26 heavy (non-hydrogen) atoms. The lowest BCUT2D eigenvalue weighted by atomic mass is 10.0. The zero-order valence-corrected chi connectivity index (χ0v) is 15.1. The zero-order chi connectivity index (χ0) is 18.4. The molecule has 1 aromatic heterocycles. The lowest BCUT2D eigenvalue weighted by Crippen LogP contribution is -2.39. The Labute approximate surface area is 153 Å². The summed E-state index contributed by atoms with van der Waals surface area (Å²) >= 11 is 0. The van der Waals surface area contributed by atoms with Crippen LogP contribution in [0.3, 0.4) is 0 Å². The largest absolute Gasteiger partial charge is 0.497 e. The molecule has 6 heteroatoms. The monoisotopic (exact) mass is 355 g/mol. The third-order valence-corrected chi connectivity index (χ3v) is 4.77. The fourth-order valence-corrected chi connectivity index (χ4v) is 3.37. The third-order valence-electron chi connectivity index (χ3n) is 4.77. The van der Waals surface area contributed by atoms with Crippen LogP contribution in [-0.2, 0) is 11.3 Å². The van der Waals surface area contributed by atoms with Crippen LogP contribution in [0.5, 0.6) is 5.75 Å². The highest BCUT2D eigenvalue weighted by atomic mass is 16.5. The van der Waals surface area contributed by atoms with E-state index in [1.807, 2.05) is 18.2 Å². The minimum Gasteiger partial charge on any atom is -0.497 e. The van der Waals surface area contributed by atoms with Crippen molar-refractivity contribution in [3.63, 3.8) is 0 Å². The van der Waals surface area contributed by atoms with Crippen molar-refractivity contribution in [2.45, 2.75) is 25.4 Å². The second kappa shape index (κ2) is 8.67. The van der Waals surface area contributed by atoms with Gasteiger partial charge >= 0.3 is 0 Å². The molecule has 0 radical (unpaired) electrons. The summed E-state index contributed by atoms with van der Waals surface area (Å²) in [7, 11) is 1.66. The number of likely N-dealkylation sites (tertiary alicyclic amines) is 1. The molecule has 2 heterocycles. The molecule has 6 nitrogen and oxygen atoms in total. The van der Waals surface area contributed by atoms with Gasteiger partial charge in [0.2, 0.25) is 5.91 Å². The van der Waals surface area contributed by atoms with Gasteiger partial charge < -0.3 is 14.6 Å². The summed E-state index contributed by atoms with van der Waals surface area (Å²) in [5, 5.41) is 2.99. The summed E-state index contributed by atoms with van der Waals surface area (Å²) in [5.74, 6) is 0.652. The lowest BCUT2D eigenvalue weighted by molar-refractivity contribution is -0.122. The van der Waals surface area contributed by atoms with Crippen molar-refractivity contribution in [1.82, 2.24) is 14.8 Å². The molecule has 0 bridgehead atoms. The summed E-state index contributed by atoms with van der Waals surface area (Å²) in [4.78, 5) is 26.5. The number of nitrogens with one attached hydrogen (secondary N) is 1. The van der Waals surface area contributed by atoms with E-state index in [-0.39, 0.29) is 24.1 Å². The van der Waals surface area contributed by atoms with Gasteiger partial charge in [0, 0.05) is 18.8 Å². The molecule has 1 amide bonds. The van der Waals surface area contributed by atoms with E-state index in [0.29, 0.717) is 6.54 Å². The molecular formula is C20H25N3O3. The lowest BCUT2D eigenvalue weighted by Gasteiger charge is -2.28. The molecule has 1 fully saturated rings.